The third-order valence-corrected chi connectivity index (χ3v) is 8.39. The van der Waals surface area contributed by atoms with Crippen LogP contribution in [0, 0.1) is 6.92 Å². The predicted octanol–water partition coefficient (Wildman–Crippen LogP) is 3.59. The molecule has 1 saturated heterocycles. The number of aromatic nitrogens is 2. The van der Waals surface area contributed by atoms with Gasteiger partial charge in [-0.05, 0) is 37.5 Å². The number of carboxylic acids is 1. The lowest BCUT2D eigenvalue weighted by Crippen LogP contribution is -2.37. The number of sulfone groups is 1. The molecule has 1 fully saturated rings. The van der Waals surface area contributed by atoms with Crippen molar-refractivity contribution in [1.29, 1.82) is 0 Å². The molecule has 0 radical (unpaired) electrons. The van der Waals surface area contributed by atoms with E-state index >= 15 is 0 Å². The molecule has 1 N–H and O–H groups in total. The lowest BCUT2D eigenvalue weighted by molar-refractivity contribution is -0.138. The summed E-state index contributed by atoms with van der Waals surface area (Å²) in [5, 5.41) is 13.7. The Labute approximate surface area is 192 Å². The summed E-state index contributed by atoms with van der Waals surface area (Å²) in [5.74, 6) is -0.446. The van der Waals surface area contributed by atoms with E-state index in [0.717, 1.165) is 17.7 Å². The average molecular weight is 474 g/mol. The molecule has 0 saturated carbocycles. The minimum Gasteiger partial charge on any atom is -0.480 e. The normalized spacial score (nSPS) is 18.8. The van der Waals surface area contributed by atoms with Crippen molar-refractivity contribution < 1.29 is 18.3 Å². The number of halogens is 1. The van der Waals surface area contributed by atoms with E-state index in [4.69, 9.17) is 11.6 Å². The van der Waals surface area contributed by atoms with E-state index in [0.29, 0.717) is 12.4 Å². The second-order valence-corrected chi connectivity index (χ2v) is 10.5. The molecule has 1 aromatic heterocycles. The predicted molar refractivity (Wildman–Crippen MR) is 123 cm³/mol. The summed E-state index contributed by atoms with van der Waals surface area (Å²) in [5.41, 5.74) is 1.89. The van der Waals surface area contributed by atoms with Gasteiger partial charge < -0.3 is 10.0 Å². The highest BCUT2D eigenvalue weighted by atomic mass is 35.5. The van der Waals surface area contributed by atoms with Crippen LogP contribution in [0.5, 0.6) is 0 Å². The molecule has 1 aliphatic heterocycles. The maximum absolute atomic E-state index is 13.3. The number of carboxylic acid groups (broad SMARTS) is 1. The van der Waals surface area contributed by atoms with Crippen LogP contribution < -0.4 is 4.90 Å². The standard InChI is InChI=1S/C23H24ClN3O4S/c1-16-13-22(27(25-16)12-11-17-7-3-2-4-8-17)26-15-18(14-20(26)23(28)29)32(30,31)21-10-6-5-9-19(21)24/h2-10,13,18,20H,11-12,14-15H2,1H3,(H,28,29)/t18-,20+/m1/s1. The number of aliphatic carboxylic acids is 1. The van der Waals surface area contributed by atoms with Gasteiger partial charge in [0.15, 0.2) is 9.84 Å². The van der Waals surface area contributed by atoms with Crippen molar-refractivity contribution in [2.24, 2.45) is 0 Å². The van der Waals surface area contributed by atoms with Gasteiger partial charge in [0.25, 0.3) is 0 Å². The SMILES string of the molecule is Cc1cc(N2C[C@H](S(=O)(=O)c3ccccc3Cl)C[C@H]2C(=O)O)n(CCc2ccccc2)n1. The molecular formula is C23H24ClN3O4S. The molecular weight excluding hydrogens is 450 g/mol. The molecule has 2 atom stereocenters. The molecule has 3 aromatic rings. The van der Waals surface area contributed by atoms with Gasteiger partial charge in [-0.2, -0.15) is 5.10 Å². The van der Waals surface area contributed by atoms with Gasteiger partial charge in [-0.1, -0.05) is 54.1 Å². The molecule has 0 spiro atoms. The van der Waals surface area contributed by atoms with Gasteiger partial charge in [0.05, 0.1) is 20.9 Å². The third kappa shape index (κ3) is 4.38. The number of hydrogen-bond donors (Lipinski definition) is 1. The van der Waals surface area contributed by atoms with Gasteiger partial charge in [-0.25, -0.2) is 17.9 Å². The number of nitrogens with zero attached hydrogens (tertiary/aromatic N) is 3. The Bertz CT molecular complexity index is 1230. The molecule has 0 unspecified atom stereocenters. The Morgan fingerprint density at radius 2 is 1.84 bits per heavy atom. The first-order chi connectivity index (χ1) is 15.3. The van der Waals surface area contributed by atoms with Gasteiger partial charge in [0.2, 0.25) is 0 Å². The van der Waals surface area contributed by atoms with Crippen molar-refractivity contribution in [3.8, 4) is 0 Å². The lowest BCUT2D eigenvalue weighted by Gasteiger charge is -2.24. The molecule has 1 aliphatic rings. The number of anilines is 1. The first-order valence-electron chi connectivity index (χ1n) is 10.3. The van der Waals surface area contributed by atoms with Crippen LogP contribution >= 0.6 is 11.6 Å². The van der Waals surface area contributed by atoms with Crippen LogP contribution in [0.3, 0.4) is 0 Å². The second-order valence-electron chi connectivity index (χ2n) is 7.94. The van der Waals surface area contributed by atoms with Crippen molar-refractivity contribution in [2.45, 2.75) is 42.5 Å². The van der Waals surface area contributed by atoms with E-state index in [-0.39, 0.29) is 22.9 Å². The second kappa shape index (κ2) is 8.96. The van der Waals surface area contributed by atoms with E-state index in [1.54, 1.807) is 21.7 Å². The summed E-state index contributed by atoms with van der Waals surface area (Å²) >= 11 is 6.14. The molecule has 2 aromatic carbocycles. The highest BCUT2D eigenvalue weighted by Gasteiger charge is 2.45. The minimum absolute atomic E-state index is 0.0220. The topological polar surface area (TPSA) is 92.5 Å². The van der Waals surface area contributed by atoms with E-state index < -0.39 is 27.1 Å². The zero-order valence-corrected chi connectivity index (χ0v) is 19.1. The van der Waals surface area contributed by atoms with Crippen LogP contribution in [0.25, 0.3) is 0 Å². The Hall–Kier alpha value is -2.84. The van der Waals surface area contributed by atoms with Crippen molar-refractivity contribution >= 4 is 33.2 Å². The monoisotopic (exact) mass is 473 g/mol. The number of aryl methyl sites for hydroxylation is 3. The quantitative estimate of drug-likeness (QED) is 0.563. The third-order valence-electron chi connectivity index (χ3n) is 5.76. The molecule has 4 rings (SSSR count). The molecule has 7 nitrogen and oxygen atoms in total. The van der Waals surface area contributed by atoms with Crippen LogP contribution in [0.15, 0.2) is 65.6 Å². The summed E-state index contributed by atoms with van der Waals surface area (Å²) in [6.45, 7) is 2.45. The molecule has 168 valence electrons. The molecule has 0 bridgehead atoms. The summed E-state index contributed by atoms with van der Waals surface area (Å²) < 4.78 is 28.3. The highest BCUT2D eigenvalue weighted by molar-refractivity contribution is 7.92. The fourth-order valence-electron chi connectivity index (χ4n) is 4.17. The lowest BCUT2D eigenvalue weighted by atomic mass is 10.1. The van der Waals surface area contributed by atoms with Gasteiger partial charge >= 0.3 is 5.97 Å². The molecule has 9 heteroatoms. The first-order valence-corrected chi connectivity index (χ1v) is 12.3. The Balaban J connectivity index is 1.63. The maximum atomic E-state index is 13.3. The summed E-state index contributed by atoms with van der Waals surface area (Å²) in [6, 6.07) is 17.0. The molecule has 2 heterocycles. The van der Waals surface area contributed by atoms with Gasteiger partial charge in [0.1, 0.15) is 11.9 Å². The summed E-state index contributed by atoms with van der Waals surface area (Å²) in [7, 11) is -3.80. The Morgan fingerprint density at radius 3 is 2.53 bits per heavy atom. The van der Waals surface area contributed by atoms with E-state index in [1.807, 2.05) is 43.3 Å². The number of hydrogen-bond acceptors (Lipinski definition) is 5. The van der Waals surface area contributed by atoms with Crippen LogP contribution in [0.1, 0.15) is 17.7 Å². The largest absolute Gasteiger partial charge is 0.480 e. The van der Waals surface area contributed by atoms with Gasteiger partial charge in [0, 0.05) is 19.2 Å². The number of benzene rings is 2. The smallest absolute Gasteiger partial charge is 0.326 e. The average Bonchev–Trinajstić information content (AvgIpc) is 3.37. The maximum Gasteiger partial charge on any atom is 0.326 e. The van der Waals surface area contributed by atoms with Crippen LogP contribution in [0.4, 0.5) is 5.82 Å². The van der Waals surface area contributed by atoms with Gasteiger partial charge in [-0.3, -0.25) is 0 Å². The van der Waals surface area contributed by atoms with E-state index in [9.17, 15) is 18.3 Å². The Morgan fingerprint density at radius 1 is 1.16 bits per heavy atom. The van der Waals surface area contributed by atoms with Crippen LogP contribution in [0.2, 0.25) is 5.02 Å². The summed E-state index contributed by atoms with van der Waals surface area (Å²) in [6.07, 6.45) is 0.702. The van der Waals surface area contributed by atoms with Crippen LogP contribution in [-0.2, 0) is 27.6 Å². The van der Waals surface area contributed by atoms with E-state index in [1.165, 1.54) is 12.1 Å². The summed E-state index contributed by atoms with van der Waals surface area (Å²) in [4.78, 5) is 13.7. The molecule has 0 amide bonds. The zero-order valence-electron chi connectivity index (χ0n) is 17.6. The van der Waals surface area contributed by atoms with Crippen molar-refractivity contribution in [2.75, 3.05) is 11.4 Å². The fraction of sp³-hybridized carbons (Fsp3) is 0.304. The van der Waals surface area contributed by atoms with Gasteiger partial charge in [-0.15, -0.1) is 0 Å². The Kier molecular flexibility index (Phi) is 6.26. The number of rotatable bonds is 7. The van der Waals surface area contributed by atoms with Crippen molar-refractivity contribution in [1.82, 2.24) is 9.78 Å². The zero-order chi connectivity index (χ0) is 22.9. The fourth-order valence-corrected chi connectivity index (χ4v) is 6.39. The van der Waals surface area contributed by atoms with E-state index in [2.05, 4.69) is 5.10 Å². The van der Waals surface area contributed by atoms with Crippen molar-refractivity contribution in [3.05, 3.63) is 76.9 Å². The first kappa shape index (κ1) is 22.4. The minimum atomic E-state index is -3.80. The van der Waals surface area contributed by atoms with Crippen LogP contribution in [-0.4, -0.2) is 47.1 Å². The molecule has 0 aliphatic carbocycles. The molecule has 32 heavy (non-hydrogen) atoms. The number of carbonyl (C=O) groups is 1. The highest BCUT2D eigenvalue weighted by Crippen LogP contribution is 2.34. The van der Waals surface area contributed by atoms with Crippen molar-refractivity contribution in [3.63, 3.8) is 0 Å².